The van der Waals surface area contributed by atoms with Crippen molar-refractivity contribution in [1.82, 2.24) is 15.4 Å². The minimum absolute atomic E-state index is 0.167. The Morgan fingerprint density at radius 1 is 1.58 bits per heavy atom. The first kappa shape index (κ1) is 14.4. The summed E-state index contributed by atoms with van der Waals surface area (Å²) in [4.78, 5) is 13.9. The van der Waals surface area contributed by atoms with Gasteiger partial charge in [-0.3, -0.25) is 4.79 Å². The van der Waals surface area contributed by atoms with Crippen LogP contribution in [0.3, 0.4) is 0 Å². The van der Waals surface area contributed by atoms with E-state index in [1.165, 1.54) is 0 Å². The molecule has 0 saturated carbocycles. The van der Waals surface area contributed by atoms with Crippen LogP contribution in [0.4, 0.5) is 0 Å². The minimum Gasteiger partial charge on any atom is -0.361 e. The Hall–Kier alpha value is -1.01. The summed E-state index contributed by atoms with van der Waals surface area (Å²) in [6, 6.07) is 0.304. The predicted molar refractivity (Wildman–Crippen MR) is 76.2 cm³/mol. The minimum atomic E-state index is 0.167. The number of thioether (sulfide) groups is 1. The normalized spacial score (nSPS) is 19.4. The zero-order valence-corrected chi connectivity index (χ0v) is 12.5. The highest BCUT2D eigenvalue weighted by atomic mass is 32.2. The van der Waals surface area contributed by atoms with Gasteiger partial charge in [0, 0.05) is 43.1 Å². The highest BCUT2D eigenvalue weighted by molar-refractivity contribution is 7.99. The van der Waals surface area contributed by atoms with Crippen LogP contribution in [0.15, 0.2) is 4.52 Å². The van der Waals surface area contributed by atoms with Crippen molar-refractivity contribution in [2.24, 2.45) is 0 Å². The van der Waals surface area contributed by atoms with E-state index in [0.29, 0.717) is 19.0 Å². The van der Waals surface area contributed by atoms with Crippen molar-refractivity contribution >= 4 is 17.7 Å². The lowest BCUT2D eigenvalue weighted by molar-refractivity contribution is -0.130. The van der Waals surface area contributed by atoms with Gasteiger partial charge in [-0.2, -0.15) is 11.8 Å². The molecular weight excluding hydrogens is 262 g/mol. The van der Waals surface area contributed by atoms with Gasteiger partial charge in [-0.1, -0.05) is 5.16 Å². The summed E-state index contributed by atoms with van der Waals surface area (Å²) < 4.78 is 5.12. The summed E-state index contributed by atoms with van der Waals surface area (Å²) >= 11 is 1.91. The van der Waals surface area contributed by atoms with Gasteiger partial charge in [-0.15, -0.1) is 0 Å². The second-order valence-electron chi connectivity index (χ2n) is 4.98. The number of carbonyl (C=O) groups is 1. The second-order valence-corrected chi connectivity index (χ2v) is 6.13. The Bertz CT molecular complexity index is 422. The molecule has 1 N–H and O–H groups in total. The first-order valence-corrected chi connectivity index (χ1v) is 7.70. The molecule has 106 valence electrons. The molecule has 1 aromatic heterocycles. The van der Waals surface area contributed by atoms with E-state index < -0.39 is 0 Å². The summed E-state index contributed by atoms with van der Waals surface area (Å²) in [5, 5.41) is 7.30. The van der Waals surface area contributed by atoms with Crippen molar-refractivity contribution < 1.29 is 9.32 Å². The van der Waals surface area contributed by atoms with Gasteiger partial charge in [-0.05, 0) is 13.8 Å². The standard InChI is InChI=1S/C13H21N3O2S/c1-9-12(10(2)18-15-9)7-16(3)13(17)6-11-8-19-5-4-14-11/h11,14H,4-8H2,1-3H3. The fraction of sp³-hybridized carbons (Fsp3) is 0.692. The average Bonchev–Trinajstić information content (AvgIpc) is 2.71. The molecule has 1 saturated heterocycles. The number of nitrogens with one attached hydrogen (secondary N) is 1. The SMILES string of the molecule is Cc1noc(C)c1CN(C)C(=O)CC1CSCCN1. The largest absolute Gasteiger partial charge is 0.361 e. The molecule has 0 aliphatic carbocycles. The van der Waals surface area contributed by atoms with E-state index >= 15 is 0 Å². The van der Waals surface area contributed by atoms with Crippen LogP contribution < -0.4 is 5.32 Å². The molecule has 2 heterocycles. The number of amides is 1. The number of aromatic nitrogens is 1. The predicted octanol–water partition coefficient (Wildman–Crippen LogP) is 1.34. The number of nitrogens with zero attached hydrogens (tertiary/aromatic N) is 2. The van der Waals surface area contributed by atoms with Crippen molar-refractivity contribution in [2.45, 2.75) is 32.9 Å². The van der Waals surface area contributed by atoms with Gasteiger partial charge >= 0.3 is 0 Å². The van der Waals surface area contributed by atoms with E-state index in [1.54, 1.807) is 4.90 Å². The van der Waals surface area contributed by atoms with E-state index in [1.807, 2.05) is 32.7 Å². The fourth-order valence-corrected chi connectivity index (χ4v) is 3.12. The maximum atomic E-state index is 12.2. The number of hydrogen-bond donors (Lipinski definition) is 1. The molecule has 0 spiro atoms. The molecule has 6 heteroatoms. The maximum Gasteiger partial charge on any atom is 0.224 e. The Balaban J connectivity index is 1.88. The highest BCUT2D eigenvalue weighted by Crippen LogP contribution is 2.16. The summed E-state index contributed by atoms with van der Waals surface area (Å²) in [5.41, 5.74) is 1.88. The molecule has 1 amide bonds. The van der Waals surface area contributed by atoms with Crippen LogP contribution in [0.5, 0.6) is 0 Å². The van der Waals surface area contributed by atoms with Crippen molar-refractivity contribution in [2.75, 3.05) is 25.1 Å². The topological polar surface area (TPSA) is 58.4 Å². The molecule has 1 aromatic rings. The lowest BCUT2D eigenvalue weighted by Gasteiger charge is -2.25. The lowest BCUT2D eigenvalue weighted by Crippen LogP contribution is -2.41. The third-order valence-corrected chi connectivity index (χ3v) is 4.55. The van der Waals surface area contributed by atoms with E-state index in [2.05, 4.69) is 10.5 Å². The van der Waals surface area contributed by atoms with E-state index in [-0.39, 0.29) is 5.91 Å². The second kappa shape index (κ2) is 6.43. The molecule has 0 bridgehead atoms. The summed E-state index contributed by atoms with van der Waals surface area (Å²) in [6.45, 7) is 5.35. The lowest BCUT2D eigenvalue weighted by atomic mass is 10.1. The average molecular weight is 283 g/mol. The van der Waals surface area contributed by atoms with E-state index in [4.69, 9.17) is 4.52 Å². The molecule has 5 nitrogen and oxygen atoms in total. The van der Waals surface area contributed by atoms with Crippen LogP contribution >= 0.6 is 11.8 Å². The summed E-state index contributed by atoms with van der Waals surface area (Å²) in [7, 11) is 1.84. The molecule has 1 aliphatic rings. The monoisotopic (exact) mass is 283 g/mol. The van der Waals surface area contributed by atoms with Gasteiger partial charge in [-0.25, -0.2) is 0 Å². The van der Waals surface area contributed by atoms with Gasteiger partial charge < -0.3 is 14.7 Å². The summed E-state index contributed by atoms with van der Waals surface area (Å²) in [6.07, 6.45) is 0.562. The van der Waals surface area contributed by atoms with Crippen LogP contribution in [0.25, 0.3) is 0 Å². The van der Waals surface area contributed by atoms with Gasteiger partial charge in [0.15, 0.2) is 0 Å². The van der Waals surface area contributed by atoms with Crippen molar-refractivity contribution in [3.05, 3.63) is 17.0 Å². The molecular formula is C13H21N3O2S. The third-order valence-electron chi connectivity index (χ3n) is 3.42. The van der Waals surface area contributed by atoms with Crippen molar-refractivity contribution in [3.8, 4) is 0 Å². The third kappa shape index (κ3) is 3.73. The van der Waals surface area contributed by atoms with Crippen molar-refractivity contribution in [1.29, 1.82) is 0 Å². The van der Waals surface area contributed by atoms with Crippen LogP contribution in [-0.2, 0) is 11.3 Å². The van der Waals surface area contributed by atoms with Crippen LogP contribution in [0, 0.1) is 13.8 Å². The molecule has 0 aromatic carbocycles. The van der Waals surface area contributed by atoms with Gasteiger partial charge in [0.25, 0.3) is 0 Å². The maximum absolute atomic E-state index is 12.2. The summed E-state index contributed by atoms with van der Waals surface area (Å²) in [5.74, 6) is 3.12. The number of rotatable bonds is 4. The molecule has 0 radical (unpaired) electrons. The number of hydrogen-bond acceptors (Lipinski definition) is 5. The Morgan fingerprint density at radius 3 is 2.95 bits per heavy atom. The number of carbonyl (C=O) groups excluding carboxylic acids is 1. The van der Waals surface area contributed by atoms with Gasteiger partial charge in [0.1, 0.15) is 5.76 Å². The Morgan fingerprint density at radius 2 is 2.37 bits per heavy atom. The molecule has 19 heavy (non-hydrogen) atoms. The van der Waals surface area contributed by atoms with Gasteiger partial charge in [0.2, 0.25) is 5.91 Å². The van der Waals surface area contributed by atoms with E-state index in [0.717, 1.165) is 35.1 Å². The number of aryl methyl sites for hydroxylation is 2. The quantitative estimate of drug-likeness (QED) is 0.904. The zero-order valence-electron chi connectivity index (χ0n) is 11.7. The van der Waals surface area contributed by atoms with Crippen LogP contribution in [-0.4, -0.2) is 47.1 Å². The molecule has 1 atom stereocenters. The molecule has 1 unspecified atom stereocenters. The fourth-order valence-electron chi connectivity index (χ4n) is 2.17. The molecule has 1 fully saturated rings. The van der Waals surface area contributed by atoms with E-state index in [9.17, 15) is 4.79 Å². The Labute approximate surface area is 118 Å². The molecule has 1 aliphatic heterocycles. The zero-order chi connectivity index (χ0) is 13.8. The Kier molecular flexibility index (Phi) is 4.87. The molecule has 2 rings (SSSR count). The smallest absolute Gasteiger partial charge is 0.224 e. The van der Waals surface area contributed by atoms with Gasteiger partial charge in [0.05, 0.1) is 12.2 Å². The first-order valence-electron chi connectivity index (χ1n) is 6.54. The highest BCUT2D eigenvalue weighted by Gasteiger charge is 2.20. The van der Waals surface area contributed by atoms with Crippen LogP contribution in [0.1, 0.15) is 23.4 Å². The van der Waals surface area contributed by atoms with Crippen molar-refractivity contribution in [3.63, 3.8) is 0 Å². The van der Waals surface area contributed by atoms with Crippen LogP contribution in [0.2, 0.25) is 0 Å². The first-order chi connectivity index (χ1) is 9.08.